The zero-order valence-electron chi connectivity index (χ0n) is 9.77. The Morgan fingerprint density at radius 2 is 1.94 bits per heavy atom. The predicted octanol–water partition coefficient (Wildman–Crippen LogP) is 2.57. The molecule has 0 radical (unpaired) electrons. The van der Waals surface area contributed by atoms with E-state index in [1.165, 1.54) is 12.1 Å². The lowest BCUT2D eigenvalue weighted by Crippen LogP contribution is -1.98. The first kappa shape index (κ1) is 12.5. The molecule has 0 aliphatic rings. The van der Waals surface area contributed by atoms with Gasteiger partial charge in [-0.05, 0) is 23.8 Å². The van der Waals surface area contributed by atoms with E-state index in [9.17, 15) is 9.50 Å². The third kappa shape index (κ3) is 2.85. The number of nitrogens with two attached hydrogens (primary N) is 1. The maximum absolute atomic E-state index is 13.3. The standard InChI is InChI=1S/C14H14FNO2/c15-12-5-10(8-16)6-13(7-12)18-14-4-2-1-3-11(14)9-17/h1-7,17H,8-9,16H2. The van der Waals surface area contributed by atoms with Crippen LogP contribution in [-0.4, -0.2) is 5.11 Å². The molecule has 3 nitrogen and oxygen atoms in total. The Bertz CT molecular complexity index is 543. The average Bonchev–Trinajstić information content (AvgIpc) is 2.38. The van der Waals surface area contributed by atoms with E-state index in [1.54, 1.807) is 30.3 Å². The Kier molecular flexibility index (Phi) is 3.92. The van der Waals surface area contributed by atoms with Crippen LogP contribution in [0.3, 0.4) is 0 Å². The fourth-order valence-corrected chi connectivity index (χ4v) is 1.66. The lowest BCUT2D eigenvalue weighted by atomic mass is 10.2. The SMILES string of the molecule is NCc1cc(F)cc(Oc2ccccc2CO)c1. The summed E-state index contributed by atoms with van der Waals surface area (Å²) < 4.78 is 18.9. The van der Waals surface area contributed by atoms with Gasteiger partial charge in [0, 0.05) is 18.2 Å². The predicted molar refractivity (Wildman–Crippen MR) is 66.7 cm³/mol. The summed E-state index contributed by atoms with van der Waals surface area (Å²) in [5.41, 5.74) is 6.78. The van der Waals surface area contributed by atoms with E-state index >= 15 is 0 Å². The topological polar surface area (TPSA) is 55.5 Å². The molecule has 0 spiro atoms. The molecule has 0 amide bonds. The number of para-hydroxylation sites is 1. The quantitative estimate of drug-likeness (QED) is 0.873. The maximum Gasteiger partial charge on any atom is 0.132 e. The van der Waals surface area contributed by atoms with Gasteiger partial charge in [0.25, 0.3) is 0 Å². The summed E-state index contributed by atoms with van der Waals surface area (Å²) in [6, 6.07) is 11.4. The minimum absolute atomic E-state index is 0.130. The third-order valence-electron chi connectivity index (χ3n) is 2.54. The van der Waals surface area contributed by atoms with E-state index in [-0.39, 0.29) is 13.2 Å². The van der Waals surface area contributed by atoms with Gasteiger partial charge in [0.1, 0.15) is 17.3 Å². The normalized spacial score (nSPS) is 10.4. The van der Waals surface area contributed by atoms with E-state index in [0.29, 0.717) is 22.6 Å². The van der Waals surface area contributed by atoms with Crippen LogP contribution in [0.4, 0.5) is 4.39 Å². The van der Waals surface area contributed by atoms with Crippen molar-refractivity contribution < 1.29 is 14.2 Å². The molecule has 0 fully saturated rings. The van der Waals surface area contributed by atoms with Gasteiger partial charge in [-0.2, -0.15) is 0 Å². The molecule has 2 aromatic rings. The monoisotopic (exact) mass is 247 g/mol. The first-order valence-corrected chi connectivity index (χ1v) is 5.59. The van der Waals surface area contributed by atoms with Crippen LogP contribution in [0.15, 0.2) is 42.5 Å². The van der Waals surface area contributed by atoms with Crippen molar-refractivity contribution in [2.24, 2.45) is 5.73 Å². The number of halogens is 1. The Hall–Kier alpha value is -1.91. The molecule has 0 saturated heterocycles. The largest absolute Gasteiger partial charge is 0.457 e. The number of hydrogen-bond acceptors (Lipinski definition) is 3. The number of ether oxygens (including phenoxy) is 1. The smallest absolute Gasteiger partial charge is 0.132 e. The van der Waals surface area contributed by atoms with Gasteiger partial charge in [-0.25, -0.2) is 4.39 Å². The van der Waals surface area contributed by atoms with Crippen molar-refractivity contribution in [1.29, 1.82) is 0 Å². The molecule has 0 atom stereocenters. The highest BCUT2D eigenvalue weighted by molar-refractivity contribution is 5.39. The second-order valence-electron chi connectivity index (χ2n) is 3.87. The highest BCUT2D eigenvalue weighted by atomic mass is 19.1. The molecule has 0 bridgehead atoms. The van der Waals surface area contributed by atoms with Crippen LogP contribution in [0, 0.1) is 5.82 Å². The fourth-order valence-electron chi connectivity index (χ4n) is 1.66. The second-order valence-corrected chi connectivity index (χ2v) is 3.87. The summed E-state index contributed by atoms with van der Waals surface area (Å²) in [6.45, 7) is 0.116. The van der Waals surface area contributed by atoms with Crippen molar-refractivity contribution >= 4 is 0 Å². The van der Waals surface area contributed by atoms with Gasteiger partial charge in [0.05, 0.1) is 6.61 Å². The number of aliphatic hydroxyl groups is 1. The molecule has 0 aliphatic heterocycles. The molecular formula is C14H14FNO2. The van der Waals surface area contributed by atoms with E-state index in [4.69, 9.17) is 10.5 Å². The third-order valence-corrected chi connectivity index (χ3v) is 2.54. The molecule has 0 aromatic heterocycles. The lowest BCUT2D eigenvalue weighted by molar-refractivity contribution is 0.276. The minimum atomic E-state index is -0.394. The first-order chi connectivity index (χ1) is 8.72. The van der Waals surface area contributed by atoms with E-state index in [0.717, 1.165) is 0 Å². The Morgan fingerprint density at radius 1 is 1.17 bits per heavy atom. The van der Waals surface area contributed by atoms with Gasteiger partial charge in [-0.15, -0.1) is 0 Å². The first-order valence-electron chi connectivity index (χ1n) is 5.59. The maximum atomic E-state index is 13.3. The van der Waals surface area contributed by atoms with Crippen molar-refractivity contribution in [2.45, 2.75) is 13.2 Å². The summed E-state index contributed by atoms with van der Waals surface area (Å²) in [5.74, 6) is 0.486. The zero-order valence-corrected chi connectivity index (χ0v) is 9.77. The van der Waals surface area contributed by atoms with E-state index in [2.05, 4.69) is 0 Å². The van der Waals surface area contributed by atoms with E-state index in [1.807, 2.05) is 0 Å². The van der Waals surface area contributed by atoms with Crippen LogP contribution in [0.1, 0.15) is 11.1 Å². The molecule has 2 rings (SSSR count). The van der Waals surface area contributed by atoms with Gasteiger partial charge in [-0.1, -0.05) is 18.2 Å². The molecule has 3 N–H and O–H groups in total. The Labute approximate surface area is 105 Å². The number of aliphatic hydroxyl groups excluding tert-OH is 1. The molecule has 4 heteroatoms. The highest BCUT2D eigenvalue weighted by Crippen LogP contribution is 2.26. The van der Waals surface area contributed by atoms with Crippen molar-refractivity contribution in [2.75, 3.05) is 0 Å². The zero-order chi connectivity index (χ0) is 13.0. The minimum Gasteiger partial charge on any atom is -0.457 e. The van der Waals surface area contributed by atoms with Gasteiger partial charge in [0.15, 0.2) is 0 Å². The molecule has 94 valence electrons. The second kappa shape index (κ2) is 5.62. The van der Waals surface area contributed by atoms with Gasteiger partial charge in [-0.3, -0.25) is 0 Å². The van der Waals surface area contributed by atoms with Crippen LogP contribution in [0.2, 0.25) is 0 Å². The molecule has 0 unspecified atom stereocenters. The summed E-state index contributed by atoms with van der Waals surface area (Å²) in [6.07, 6.45) is 0. The lowest BCUT2D eigenvalue weighted by Gasteiger charge is -2.10. The van der Waals surface area contributed by atoms with E-state index < -0.39 is 5.82 Å². The van der Waals surface area contributed by atoms with Gasteiger partial charge in [0.2, 0.25) is 0 Å². The van der Waals surface area contributed by atoms with Gasteiger partial charge < -0.3 is 15.6 Å². The number of benzene rings is 2. The molecular weight excluding hydrogens is 233 g/mol. The van der Waals surface area contributed by atoms with Crippen molar-refractivity contribution in [3.05, 3.63) is 59.4 Å². The van der Waals surface area contributed by atoms with Crippen molar-refractivity contribution in [1.82, 2.24) is 0 Å². The summed E-state index contributed by atoms with van der Waals surface area (Å²) in [7, 11) is 0. The van der Waals surface area contributed by atoms with Crippen LogP contribution >= 0.6 is 0 Å². The van der Waals surface area contributed by atoms with Crippen LogP contribution < -0.4 is 10.5 Å². The summed E-state index contributed by atoms with van der Waals surface area (Å²) >= 11 is 0. The van der Waals surface area contributed by atoms with Crippen molar-refractivity contribution in [3.8, 4) is 11.5 Å². The van der Waals surface area contributed by atoms with Crippen LogP contribution in [-0.2, 0) is 13.2 Å². The molecule has 2 aromatic carbocycles. The molecule has 0 saturated carbocycles. The number of rotatable bonds is 4. The van der Waals surface area contributed by atoms with Crippen molar-refractivity contribution in [3.63, 3.8) is 0 Å². The van der Waals surface area contributed by atoms with Crippen LogP contribution in [0.25, 0.3) is 0 Å². The summed E-state index contributed by atoms with van der Waals surface area (Å²) in [4.78, 5) is 0. The average molecular weight is 247 g/mol. The Balaban J connectivity index is 2.30. The highest BCUT2D eigenvalue weighted by Gasteiger charge is 2.05. The van der Waals surface area contributed by atoms with Gasteiger partial charge >= 0.3 is 0 Å². The van der Waals surface area contributed by atoms with Crippen LogP contribution in [0.5, 0.6) is 11.5 Å². The fraction of sp³-hybridized carbons (Fsp3) is 0.143. The number of hydrogen-bond donors (Lipinski definition) is 2. The Morgan fingerprint density at radius 3 is 2.67 bits per heavy atom. The molecule has 0 aliphatic carbocycles. The summed E-state index contributed by atoms with van der Waals surface area (Å²) in [5, 5.41) is 9.18. The molecule has 18 heavy (non-hydrogen) atoms. The molecule has 0 heterocycles.